The number of likely N-dealkylation sites (tertiary alicyclic amines) is 1. The van der Waals surface area contributed by atoms with Crippen molar-refractivity contribution >= 4 is 62.4 Å². The normalized spacial score (nSPS) is 29.5. The van der Waals surface area contributed by atoms with Crippen LogP contribution in [0, 0.1) is 30.1 Å². The molecule has 5 heterocycles. The van der Waals surface area contributed by atoms with E-state index in [2.05, 4.69) is 20.3 Å². The first-order valence-electron chi connectivity index (χ1n) is 19.5. The first-order chi connectivity index (χ1) is 26.4. The molecule has 0 aromatic carbocycles. The Morgan fingerprint density at radius 1 is 1.09 bits per heavy atom. The van der Waals surface area contributed by atoms with Crippen molar-refractivity contribution in [1.29, 1.82) is 0 Å². The fraction of sp³-hybridized carbons (Fsp3) is 0.641. The summed E-state index contributed by atoms with van der Waals surface area (Å²) >= 11 is 2.99. The average Bonchev–Trinajstić information content (AvgIpc) is 3.66. The van der Waals surface area contributed by atoms with Crippen LogP contribution in [-0.4, -0.2) is 102 Å². The summed E-state index contributed by atoms with van der Waals surface area (Å²) in [4.78, 5) is 80.1. The van der Waals surface area contributed by atoms with Crippen molar-refractivity contribution in [2.75, 3.05) is 26.2 Å². The molecule has 7 rings (SSSR count). The molecular weight excluding hydrogens is 777 g/mol. The Kier molecular flexibility index (Phi) is 10.9. The molecule has 56 heavy (non-hydrogen) atoms. The molecule has 5 amide bonds. The van der Waals surface area contributed by atoms with Crippen molar-refractivity contribution in [3.8, 4) is 9.88 Å². The number of amides is 5. The lowest BCUT2D eigenvalue weighted by molar-refractivity contribution is -0.142. The number of ether oxygens (including phenoxy) is 1. The number of alkyl carbamates (subject to hydrolysis) is 1. The summed E-state index contributed by atoms with van der Waals surface area (Å²) < 4.78 is 33.1. The molecule has 4 fully saturated rings. The van der Waals surface area contributed by atoms with Gasteiger partial charge in [0.15, 0.2) is 0 Å². The zero-order valence-corrected chi connectivity index (χ0v) is 35.0. The van der Waals surface area contributed by atoms with Crippen molar-refractivity contribution in [2.45, 2.75) is 108 Å². The van der Waals surface area contributed by atoms with Crippen molar-refractivity contribution < 1.29 is 37.1 Å². The summed E-state index contributed by atoms with van der Waals surface area (Å²) in [6, 6.07) is 1.91. The largest absolute Gasteiger partial charge is 0.449 e. The number of thiazole rings is 1. The molecule has 2 aromatic heterocycles. The number of rotatable bonds is 7. The average molecular weight is 829 g/mol. The van der Waals surface area contributed by atoms with E-state index in [0.29, 0.717) is 37.8 Å². The summed E-state index contributed by atoms with van der Waals surface area (Å²) in [6.45, 7) is 10.1. The Bertz CT molecular complexity index is 2030. The molecule has 304 valence electrons. The number of allylic oxidation sites excluding steroid dienone is 1. The number of hydrogen-bond donors (Lipinski definition) is 3. The zero-order valence-electron chi connectivity index (χ0n) is 32.6. The summed E-state index contributed by atoms with van der Waals surface area (Å²) in [7, 11) is -4.00. The molecule has 2 saturated carbocycles. The van der Waals surface area contributed by atoms with E-state index in [0.717, 1.165) is 27.6 Å². The first-order valence-corrected chi connectivity index (χ1v) is 22.7. The second-order valence-electron chi connectivity index (χ2n) is 17.6. The van der Waals surface area contributed by atoms with Crippen LogP contribution in [0.5, 0.6) is 0 Å². The molecule has 0 bridgehead atoms. The summed E-state index contributed by atoms with van der Waals surface area (Å²) in [5.41, 5.74) is -1.52. The van der Waals surface area contributed by atoms with Crippen LogP contribution < -0.4 is 15.4 Å². The van der Waals surface area contributed by atoms with Gasteiger partial charge in [0.25, 0.3) is 11.8 Å². The number of nitrogens with one attached hydrogen (secondary N) is 3. The van der Waals surface area contributed by atoms with Crippen LogP contribution in [0.2, 0.25) is 0 Å². The number of hydrogen-bond acceptors (Lipinski definition) is 11. The van der Waals surface area contributed by atoms with E-state index in [9.17, 15) is 32.4 Å². The third-order valence-electron chi connectivity index (χ3n) is 11.7. The van der Waals surface area contributed by atoms with Crippen LogP contribution in [0.4, 0.5) is 4.79 Å². The smallest absolute Gasteiger partial charge is 0.407 e. The Morgan fingerprint density at radius 3 is 2.55 bits per heavy atom. The third kappa shape index (κ3) is 8.26. The minimum Gasteiger partial charge on any atom is -0.449 e. The van der Waals surface area contributed by atoms with E-state index in [-0.39, 0.29) is 49.9 Å². The van der Waals surface area contributed by atoms with E-state index >= 15 is 0 Å². The van der Waals surface area contributed by atoms with Crippen LogP contribution >= 0.6 is 22.7 Å². The standard InChI is InChI=1S/C39H52N6O8S3/c1-23-13-14-29(55-23)32-40-28(21-54-32)33(47)44-18-24-19-45-30(26(24)20-44)31(46)42-39(35(49)43-56(51,52)38(5)15-16-38)17-25(39)11-9-7-6-8-10-12-27(34(45)48)41-36(50)53-22-37(2,3)4/h9,11,13-14,21,24-27,30H,6-8,10,12,15-20,22H2,1-5H3,(H,41,50)(H,42,46)(H,43,49)/b11-9-/t24-,25+,26-,27-,30-,39+/m0/s1. The molecule has 6 atom stereocenters. The molecule has 17 heteroatoms. The van der Waals surface area contributed by atoms with Crippen LogP contribution in [0.25, 0.3) is 9.88 Å². The Hall–Kier alpha value is -3.83. The SMILES string of the molecule is Cc1ccc(-c2nc(C(=O)N3C[C@H]4CN5C(=O)[C@@H](NC(=O)OCC(C)(C)C)CCCCC/C=C\[C@@H]6C[C@@]6(C(=O)NS(=O)(=O)C6(C)CC6)NC(=O)[C@@H]5[C@H]4C3)cs2)s1. The molecule has 0 unspecified atom stereocenters. The summed E-state index contributed by atoms with van der Waals surface area (Å²) in [5.74, 6) is -3.33. The predicted molar refractivity (Wildman–Crippen MR) is 212 cm³/mol. The lowest BCUT2D eigenvalue weighted by Gasteiger charge is -2.33. The molecule has 2 aromatic rings. The fourth-order valence-corrected chi connectivity index (χ4v) is 11.0. The number of carbonyl (C=O) groups is 5. The topological polar surface area (TPSA) is 184 Å². The molecule has 3 aliphatic heterocycles. The van der Waals surface area contributed by atoms with Gasteiger partial charge in [0.05, 0.1) is 16.2 Å². The van der Waals surface area contributed by atoms with Crippen LogP contribution in [-0.2, 0) is 29.1 Å². The molecule has 0 spiro atoms. The predicted octanol–water partition coefficient (Wildman–Crippen LogP) is 4.61. The Balaban J connectivity index is 1.17. The van der Waals surface area contributed by atoms with Crippen LogP contribution in [0.3, 0.4) is 0 Å². The number of nitrogens with zero attached hydrogens (tertiary/aromatic N) is 3. The number of sulfonamides is 1. The van der Waals surface area contributed by atoms with Crippen molar-refractivity contribution in [2.24, 2.45) is 23.2 Å². The molecule has 2 aliphatic carbocycles. The van der Waals surface area contributed by atoms with Crippen LogP contribution in [0.15, 0.2) is 29.7 Å². The van der Waals surface area contributed by atoms with Gasteiger partial charge in [-0.2, -0.15) is 0 Å². The molecule has 5 aliphatic rings. The van der Waals surface area contributed by atoms with E-state index in [1.807, 2.05) is 52.0 Å². The third-order valence-corrected chi connectivity index (χ3v) is 15.9. The highest BCUT2D eigenvalue weighted by Crippen LogP contribution is 2.48. The summed E-state index contributed by atoms with van der Waals surface area (Å²) in [5, 5.41) is 8.21. The van der Waals surface area contributed by atoms with Gasteiger partial charge in [0.1, 0.15) is 28.3 Å². The van der Waals surface area contributed by atoms with Gasteiger partial charge in [0, 0.05) is 47.6 Å². The minimum atomic E-state index is -4.00. The highest BCUT2D eigenvalue weighted by Gasteiger charge is 2.64. The second-order valence-corrected chi connectivity index (χ2v) is 21.9. The number of aromatic nitrogens is 1. The molecule has 0 radical (unpaired) electrons. The molecule has 3 N–H and O–H groups in total. The lowest BCUT2D eigenvalue weighted by atomic mass is 9.93. The van der Waals surface area contributed by atoms with E-state index in [1.165, 1.54) is 16.2 Å². The van der Waals surface area contributed by atoms with Crippen molar-refractivity contribution in [1.82, 2.24) is 30.1 Å². The van der Waals surface area contributed by atoms with Gasteiger partial charge in [-0.1, -0.05) is 45.8 Å². The van der Waals surface area contributed by atoms with E-state index < -0.39 is 68.0 Å². The minimum absolute atomic E-state index is 0.141. The molecule has 14 nitrogen and oxygen atoms in total. The van der Waals surface area contributed by atoms with Gasteiger partial charge in [0.2, 0.25) is 21.8 Å². The highest BCUT2D eigenvalue weighted by molar-refractivity contribution is 7.91. The number of thiophene rings is 1. The first kappa shape index (κ1) is 40.4. The lowest BCUT2D eigenvalue weighted by Crippen LogP contribution is -2.60. The monoisotopic (exact) mass is 828 g/mol. The highest BCUT2D eigenvalue weighted by atomic mass is 32.2. The van der Waals surface area contributed by atoms with Gasteiger partial charge in [-0.25, -0.2) is 18.2 Å². The Labute approximate surface area is 336 Å². The molecular formula is C39H52N6O8S3. The number of carbonyl (C=O) groups excluding carboxylic acids is 5. The van der Waals surface area contributed by atoms with Gasteiger partial charge >= 0.3 is 6.09 Å². The van der Waals surface area contributed by atoms with Crippen LogP contribution in [0.1, 0.15) is 94.4 Å². The fourth-order valence-electron chi connectivity index (χ4n) is 8.00. The van der Waals surface area contributed by atoms with Gasteiger partial charge < -0.3 is 25.2 Å². The maximum Gasteiger partial charge on any atom is 0.407 e. The van der Waals surface area contributed by atoms with Gasteiger partial charge in [-0.15, -0.1) is 22.7 Å². The zero-order chi connectivity index (χ0) is 40.2. The molecule has 2 saturated heterocycles. The number of fused-ring (bicyclic) bond motifs is 4. The van der Waals surface area contributed by atoms with Gasteiger partial charge in [-0.3, -0.25) is 23.9 Å². The second kappa shape index (κ2) is 15.2. The summed E-state index contributed by atoms with van der Waals surface area (Å²) in [6.07, 6.45) is 7.40. The number of aryl methyl sites for hydroxylation is 1. The van der Waals surface area contributed by atoms with E-state index in [1.54, 1.807) is 28.5 Å². The maximum atomic E-state index is 14.7. The van der Waals surface area contributed by atoms with Crippen molar-refractivity contribution in [3.05, 3.63) is 40.2 Å². The van der Waals surface area contributed by atoms with Crippen molar-refractivity contribution in [3.63, 3.8) is 0 Å². The maximum absolute atomic E-state index is 14.7. The van der Waals surface area contributed by atoms with Gasteiger partial charge in [-0.05, 0) is 69.9 Å². The quantitative estimate of drug-likeness (QED) is 0.336. The Morgan fingerprint density at radius 2 is 1.86 bits per heavy atom. The van der Waals surface area contributed by atoms with E-state index in [4.69, 9.17) is 4.74 Å².